The van der Waals surface area contributed by atoms with Gasteiger partial charge in [0, 0.05) is 12.1 Å². The number of sulfonamides is 1. The fourth-order valence-corrected chi connectivity index (χ4v) is 4.86. The minimum absolute atomic E-state index is 0.173. The van der Waals surface area contributed by atoms with E-state index in [1.807, 2.05) is 13.0 Å². The van der Waals surface area contributed by atoms with Crippen molar-refractivity contribution in [3.63, 3.8) is 0 Å². The molecule has 0 heterocycles. The van der Waals surface area contributed by atoms with Crippen molar-refractivity contribution < 1.29 is 22.7 Å². The Kier molecular flexibility index (Phi) is 7.01. The van der Waals surface area contributed by atoms with Crippen LogP contribution in [0.4, 0.5) is 5.69 Å². The van der Waals surface area contributed by atoms with E-state index in [2.05, 4.69) is 17.4 Å². The standard InChI is InChI=1S/C22H27ClN2O5S/c1-14(16-9-8-15-6-5-7-17(15)10-16)24-22(26)13-25(31(4,27)28)19-12-20(29-2)18(23)11-21(19)30-3/h8-12,14H,5-7,13H2,1-4H3,(H,24,26)/t14-/m1/s1. The number of ether oxygens (including phenoxy) is 2. The molecular weight excluding hydrogens is 440 g/mol. The summed E-state index contributed by atoms with van der Waals surface area (Å²) >= 11 is 6.13. The highest BCUT2D eigenvalue weighted by Gasteiger charge is 2.26. The first kappa shape index (κ1) is 23.2. The first-order chi connectivity index (χ1) is 14.6. The maximum Gasteiger partial charge on any atom is 0.241 e. The van der Waals surface area contributed by atoms with Gasteiger partial charge in [-0.25, -0.2) is 8.42 Å². The summed E-state index contributed by atoms with van der Waals surface area (Å²) in [5.74, 6) is 0.0584. The number of carbonyl (C=O) groups excluding carboxylic acids is 1. The summed E-state index contributed by atoms with van der Waals surface area (Å²) in [6.45, 7) is 1.47. The topological polar surface area (TPSA) is 84.9 Å². The van der Waals surface area contributed by atoms with Gasteiger partial charge in [-0.1, -0.05) is 29.8 Å². The Morgan fingerprint density at radius 1 is 1.13 bits per heavy atom. The van der Waals surface area contributed by atoms with Crippen LogP contribution in [0.15, 0.2) is 30.3 Å². The number of hydrogen-bond acceptors (Lipinski definition) is 5. The fourth-order valence-electron chi connectivity index (χ4n) is 3.78. The minimum atomic E-state index is -3.80. The van der Waals surface area contributed by atoms with Crippen LogP contribution in [0.2, 0.25) is 5.02 Å². The number of amides is 1. The molecule has 1 aliphatic rings. The highest BCUT2D eigenvalue weighted by Crippen LogP contribution is 2.39. The van der Waals surface area contributed by atoms with Crippen LogP contribution in [0.1, 0.15) is 36.1 Å². The van der Waals surface area contributed by atoms with Gasteiger partial charge >= 0.3 is 0 Å². The molecule has 0 aliphatic heterocycles. The summed E-state index contributed by atoms with van der Waals surface area (Å²) in [6.07, 6.45) is 4.32. The highest BCUT2D eigenvalue weighted by molar-refractivity contribution is 7.92. The van der Waals surface area contributed by atoms with Crippen LogP contribution < -0.4 is 19.1 Å². The van der Waals surface area contributed by atoms with E-state index in [0.29, 0.717) is 0 Å². The summed E-state index contributed by atoms with van der Waals surface area (Å²) in [5.41, 5.74) is 3.83. The number of halogens is 1. The first-order valence-electron chi connectivity index (χ1n) is 9.94. The summed E-state index contributed by atoms with van der Waals surface area (Å²) < 4.78 is 36.5. The molecule has 0 spiro atoms. The zero-order chi connectivity index (χ0) is 22.8. The summed E-state index contributed by atoms with van der Waals surface area (Å²) in [4.78, 5) is 12.8. The molecule has 0 bridgehead atoms. The van der Waals surface area contributed by atoms with Crippen molar-refractivity contribution in [2.24, 2.45) is 0 Å². The zero-order valence-corrected chi connectivity index (χ0v) is 19.6. The second-order valence-corrected chi connectivity index (χ2v) is 9.91. The molecule has 0 aromatic heterocycles. The number of benzene rings is 2. The van der Waals surface area contributed by atoms with E-state index in [4.69, 9.17) is 21.1 Å². The van der Waals surface area contributed by atoms with Gasteiger partial charge in [0.25, 0.3) is 0 Å². The van der Waals surface area contributed by atoms with Crippen molar-refractivity contribution >= 4 is 33.2 Å². The molecule has 2 aromatic rings. The third kappa shape index (κ3) is 5.25. The maximum atomic E-state index is 12.8. The lowest BCUT2D eigenvalue weighted by atomic mass is 10.0. The largest absolute Gasteiger partial charge is 0.495 e. The lowest BCUT2D eigenvalue weighted by molar-refractivity contribution is -0.120. The predicted octanol–water partition coefficient (Wildman–Crippen LogP) is 3.49. The van der Waals surface area contributed by atoms with Crippen LogP contribution in [0.5, 0.6) is 11.5 Å². The van der Waals surface area contributed by atoms with E-state index in [1.54, 1.807) is 0 Å². The molecule has 9 heteroatoms. The molecule has 7 nitrogen and oxygen atoms in total. The minimum Gasteiger partial charge on any atom is -0.495 e. The number of aryl methyl sites for hydroxylation is 2. The van der Waals surface area contributed by atoms with Gasteiger partial charge in [0.1, 0.15) is 18.0 Å². The van der Waals surface area contributed by atoms with Crippen LogP contribution in [0, 0.1) is 0 Å². The van der Waals surface area contributed by atoms with Crippen molar-refractivity contribution in [2.45, 2.75) is 32.2 Å². The van der Waals surface area contributed by atoms with Gasteiger partial charge in [-0.3, -0.25) is 9.10 Å². The van der Waals surface area contributed by atoms with E-state index >= 15 is 0 Å². The summed E-state index contributed by atoms with van der Waals surface area (Å²) in [7, 11) is -0.973. The van der Waals surface area contributed by atoms with Gasteiger partial charge in [-0.05, 0) is 42.9 Å². The zero-order valence-electron chi connectivity index (χ0n) is 18.1. The molecule has 0 saturated heterocycles. The lowest BCUT2D eigenvalue weighted by Crippen LogP contribution is -2.41. The van der Waals surface area contributed by atoms with Gasteiger partial charge in [-0.2, -0.15) is 0 Å². The summed E-state index contributed by atoms with van der Waals surface area (Å²) in [6, 6.07) is 8.87. The SMILES string of the molecule is COc1cc(N(CC(=O)N[C@H](C)c2ccc3c(c2)CCC3)S(C)(=O)=O)c(OC)cc1Cl. The second kappa shape index (κ2) is 9.36. The number of methoxy groups -OCH3 is 2. The van der Waals surface area contributed by atoms with Crippen LogP contribution in [-0.2, 0) is 27.7 Å². The molecule has 0 radical (unpaired) electrons. The van der Waals surface area contributed by atoms with E-state index < -0.39 is 22.5 Å². The number of fused-ring (bicyclic) bond motifs is 1. The Balaban J connectivity index is 1.83. The Hall–Kier alpha value is -2.45. The average Bonchev–Trinajstić information content (AvgIpc) is 3.19. The van der Waals surface area contributed by atoms with Gasteiger partial charge in [0.05, 0.1) is 37.2 Å². The Morgan fingerprint density at radius 2 is 1.81 bits per heavy atom. The normalized spacial score (nSPS) is 14.0. The monoisotopic (exact) mass is 466 g/mol. The number of anilines is 1. The Bertz CT molecular complexity index is 1090. The number of nitrogens with one attached hydrogen (secondary N) is 1. The molecule has 0 saturated carbocycles. The quantitative estimate of drug-likeness (QED) is 0.643. The number of rotatable bonds is 8. The predicted molar refractivity (Wildman–Crippen MR) is 122 cm³/mol. The van der Waals surface area contributed by atoms with E-state index in [0.717, 1.165) is 35.4 Å². The van der Waals surface area contributed by atoms with Crippen molar-refractivity contribution in [1.29, 1.82) is 0 Å². The van der Waals surface area contributed by atoms with Crippen molar-refractivity contribution in [2.75, 3.05) is 31.3 Å². The van der Waals surface area contributed by atoms with Gasteiger partial charge in [0.2, 0.25) is 15.9 Å². The molecule has 0 unspecified atom stereocenters. The molecular formula is C22H27ClN2O5S. The van der Waals surface area contributed by atoms with E-state index in [1.165, 1.54) is 37.5 Å². The third-order valence-electron chi connectivity index (χ3n) is 5.41. The molecule has 168 valence electrons. The van der Waals surface area contributed by atoms with Crippen molar-refractivity contribution in [1.82, 2.24) is 5.32 Å². The molecule has 0 fully saturated rings. The lowest BCUT2D eigenvalue weighted by Gasteiger charge is -2.25. The van der Waals surface area contributed by atoms with Gasteiger partial charge in [-0.15, -0.1) is 0 Å². The Labute approximate surface area is 188 Å². The smallest absolute Gasteiger partial charge is 0.241 e. The summed E-state index contributed by atoms with van der Waals surface area (Å²) in [5, 5.41) is 3.16. The van der Waals surface area contributed by atoms with Crippen LogP contribution in [0.25, 0.3) is 0 Å². The number of carbonyl (C=O) groups is 1. The number of hydrogen-bond donors (Lipinski definition) is 1. The molecule has 3 rings (SSSR count). The second-order valence-electron chi connectivity index (χ2n) is 7.60. The fraction of sp³-hybridized carbons (Fsp3) is 0.409. The maximum absolute atomic E-state index is 12.8. The Morgan fingerprint density at radius 3 is 2.45 bits per heavy atom. The number of nitrogens with zero attached hydrogens (tertiary/aromatic N) is 1. The molecule has 2 aromatic carbocycles. The molecule has 1 amide bonds. The van der Waals surface area contributed by atoms with Crippen LogP contribution in [-0.4, -0.2) is 41.3 Å². The highest BCUT2D eigenvalue weighted by atomic mass is 35.5. The van der Waals surface area contributed by atoms with Crippen LogP contribution >= 0.6 is 11.6 Å². The van der Waals surface area contributed by atoms with Crippen molar-refractivity contribution in [3.05, 3.63) is 52.0 Å². The van der Waals surface area contributed by atoms with Gasteiger partial charge < -0.3 is 14.8 Å². The molecule has 1 atom stereocenters. The van der Waals surface area contributed by atoms with Crippen molar-refractivity contribution in [3.8, 4) is 11.5 Å². The average molecular weight is 467 g/mol. The molecule has 31 heavy (non-hydrogen) atoms. The van der Waals surface area contributed by atoms with E-state index in [-0.39, 0.29) is 28.3 Å². The first-order valence-corrected chi connectivity index (χ1v) is 12.2. The third-order valence-corrected chi connectivity index (χ3v) is 6.83. The van der Waals surface area contributed by atoms with Gasteiger partial charge in [0.15, 0.2) is 0 Å². The molecule has 1 aliphatic carbocycles. The molecule has 1 N–H and O–H groups in total. The van der Waals surface area contributed by atoms with Crippen LogP contribution in [0.3, 0.4) is 0 Å². The van der Waals surface area contributed by atoms with E-state index in [9.17, 15) is 13.2 Å².